The number of carbonyl (C=O) groups is 2. The molecule has 0 aromatic heterocycles. The van der Waals surface area contributed by atoms with Gasteiger partial charge < -0.3 is 14.2 Å². The maximum atomic E-state index is 11.4. The molecule has 0 saturated heterocycles. The minimum Gasteiger partial charge on any atom is -0.482 e. The van der Waals surface area contributed by atoms with Crippen LogP contribution in [0.1, 0.15) is 19.4 Å². The Bertz CT molecular complexity index is 601. The lowest BCUT2D eigenvalue weighted by atomic mass is 10.2. The van der Waals surface area contributed by atoms with E-state index >= 15 is 0 Å². The van der Waals surface area contributed by atoms with Gasteiger partial charge in [0.15, 0.2) is 18.2 Å². The Morgan fingerprint density at radius 1 is 1.33 bits per heavy atom. The largest absolute Gasteiger partial charge is 0.482 e. The lowest BCUT2D eigenvalue weighted by molar-refractivity contribution is -0.145. The molecule has 0 radical (unpaired) electrons. The van der Waals surface area contributed by atoms with Crippen molar-refractivity contribution >= 4 is 23.9 Å². The number of benzene rings is 1. The molecule has 0 fully saturated rings. The Hall–Kier alpha value is -2.63. The van der Waals surface area contributed by atoms with Crippen molar-refractivity contribution in [2.24, 2.45) is 4.99 Å². The zero-order valence-corrected chi connectivity index (χ0v) is 11.8. The first-order chi connectivity index (χ1) is 10.1. The van der Waals surface area contributed by atoms with Crippen molar-refractivity contribution in [3.05, 3.63) is 35.5 Å². The molecule has 21 heavy (non-hydrogen) atoms. The van der Waals surface area contributed by atoms with E-state index in [-0.39, 0.29) is 12.3 Å². The molecule has 1 aliphatic rings. The van der Waals surface area contributed by atoms with Gasteiger partial charge in [0.2, 0.25) is 0 Å². The van der Waals surface area contributed by atoms with E-state index in [0.717, 1.165) is 5.56 Å². The number of carbonyl (C=O) groups excluding carboxylic acids is 2. The zero-order valence-electron chi connectivity index (χ0n) is 11.8. The molecule has 2 rings (SSSR count). The summed E-state index contributed by atoms with van der Waals surface area (Å²) in [5, 5.41) is 0. The van der Waals surface area contributed by atoms with Crippen molar-refractivity contribution in [1.82, 2.24) is 0 Å². The second-order valence-corrected chi connectivity index (χ2v) is 4.21. The summed E-state index contributed by atoms with van der Waals surface area (Å²) in [5.74, 6) is -0.00290. The molecule has 1 aromatic rings. The Morgan fingerprint density at radius 2 is 2.05 bits per heavy atom. The molecule has 0 aliphatic carbocycles. The summed E-state index contributed by atoms with van der Waals surface area (Å²) in [7, 11) is 0. The van der Waals surface area contributed by atoms with Gasteiger partial charge >= 0.3 is 11.9 Å². The highest BCUT2D eigenvalue weighted by molar-refractivity contribution is 6.06. The molecule has 6 heteroatoms. The lowest BCUT2D eigenvalue weighted by Gasteiger charge is -2.05. The van der Waals surface area contributed by atoms with Crippen molar-refractivity contribution in [3.8, 4) is 5.75 Å². The van der Waals surface area contributed by atoms with Crippen LogP contribution in [0.25, 0.3) is 6.08 Å². The van der Waals surface area contributed by atoms with E-state index in [9.17, 15) is 9.59 Å². The Kier molecular flexibility index (Phi) is 4.71. The fourth-order valence-corrected chi connectivity index (χ4v) is 1.68. The van der Waals surface area contributed by atoms with Gasteiger partial charge in [-0.1, -0.05) is 12.1 Å². The molecule has 0 amide bonds. The molecule has 110 valence electrons. The van der Waals surface area contributed by atoms with Crippen molar-refractivity contribution in [2.45, 2.75) is 13.8 Å². The van der Waals surface area contributed by atoms with E-state index in [2.05, 4.69) is 4.99 Å². The van der Waals surface area contributed by atoms with Crippen LogP contribution in [0.5, 0.6) is 5.75 Å². The summed E-state index contributed by atoms with van der Waals surface area (Å²) < 4.78 is 14.9. The van der Waals surface area contributed by atoms with Crippen LogP contribution in [0.2, 0.25) is 0 Å². The fourth-order valence-electron chi connectivity index (χ4n) is 1.68. The highest BCUT2D eigenvalue weighted by Gasteiger charge is 2.19. The monoisotopic (exact) mass is 289 g/mol. The van der Waals surface area contributed by atoms with Gasteiger partial charge in [-0.3, -0.25) is 0 Å². The third-order valence-corrected chi connectivity index (χ3v) is 2.57. The van der Waals surface area contributed by atoms with Gasteiger partial charge in [0.25, 0.3) is 0 Å². The van der Waals surface area contributed by atoms with Crippen LogP contribution in [0.3, 0.4) is 0 Å². The van der Waals surface area contributed by atoms with Crippen LogP contribution in [-0.2, 0) is 19.1 Å². The minimum absolute atomic E-state index is 0.135. The molecule has 1 heterocycles. The third kappa shape index (κ3) is 4.17. The summed E-state index contributed by atoms with van der Waals surface area (Å²) in [4.78, 5) is 26.6. The van der Waals surface area contributed by atoms with Crippen LogP contribution in [0.15, 0.2) is 35.0 Å². The number of esters is 2. The second kappa shape index (κ2) is 6.69. The number of nitrogens with zero attached hydrogens (tertiary/aromatic N) is 1. The second-order valence-electron chi connectivity index (χ2n) is 4.21. The minimum atomic E-state index is -0.463. The average Bonchev–Trinajstić information content (AvgIpc) is 2.76. The van der Waals surface area contributed by atoms with Gasteiger partial charge in [0.1, 0.15) is 5.75 Å². The van der Waals surface area contributed by atoms with Crippen molar-refractivity contribution in [3.63, 3.8) is 0 Å². The Labute approximate surface area is 122 Å². The summed E-state index contributed by atoms with van der Waals surface area (Å²) >= 11 is 0. The summed E-state index contributed by atoms with van der Waals surface area (Å²) in [6.45, 7) is 3.54. The van der Waals surface area contributed by atoms with Crippen LogP contribution in [0.4, 0.5) is 0 Å². The number of hydrogen-bond acceptors (Lipinski definition) is 6. The van der Waals surface area contributed by atoms with Crippen LogP contribution < -0.4 is 4.74 Å². The number of cyclic esters (lactones) is 1. The normalized spacial score (nSPS) is 15.6. The van der Waals surface area contributed by atoms with Gasteiger partial charge in [-0.15, -0.1) is 0 Å². The molecular weight excluding hydrogens is 274 g/mol. The summed E-state index contributed by atoms with van der Waals surface area (Å²) in [6.07, 6.45) is 1.62. The maximum absolute atomic E-state index is 11.4. The predicted molar refractivity (Wildman–Crippen MR) is 75.7 cm³/mol. The van der Waals surface area contributed by atoms with E-state index in [4.69, 9.17) is 14.2 Å². The topological polar surface area (TPSA) is 74.2 Å². The number of aliphatic imine (C=N–C) groups is 1. The lowest BCUT2D eigenvalue weighted by Crippen LogP contribution is -2.14. The average molecular weight is 289 g/mol. The first-order valence-electron chi connectivity index (χ1n) is 6.46. The van der Waals surface area contributed by atoms with E-state index in [1.807, 2.05) is 0 Å². The highest BCUT2D eigenvalue weighted by Crippen LogP contribution is 2.18. The van der Waals surface area contributed by atoms with Gasteiger partial charge in [-0.2, -0.15) is 0 Å². The fraction of sp³-hybridized carbons (Fsp3) is 0.267. The van der Waals surface area contributed by atoms with Crippen LogP contribution in [0, 0.1) is 0 Å². The first kappa shape index (κ1) is 14.8. The molecule has 0 spiro atoms. The molecule has 1 aromatic carbocycles. The van der Waals surface area contributed by atoms with Gasteiger partial charge in [-0.25, -0.2) is 14.6 Å². The summed E-state index contributed by atoms with van der Waals surface area (Å²) in [5.41, 5.74) is 1.04. The van der Waals surface area contributed by atoms with Crippen LogP contribution >= 0.6 is 0 Å². The molecule has 0 saturated carbocycles. The standard InChI is InChI=1S/C15H15NO5/c1-3-19-14(17)9-20-12-6-4-11(5-7-12)8-13-15(18)21-10(2)16-13/h4-8H,3,9H2,1-2H3/b13-8+. The SMILES string of the molecule is CCOC(=O)COc1ccc(/C=C2/N=C(C)OC2=O)cc1. The number of ether oxygens (including phenoxy) is 3. The molecule has 0 bridgehead atoms. The van der Waals surface area contributed by atoms with Gasteiger partial charge in [-0.05, 0) is 30.7 Å². The van der Waals surface area contributed by atoms with Crippen molar-refractivity contribution in [2.75, 3.05) is 13.2 Å². The third-order valence-electron chi connectivity index (χ3n) is 2.57. The first-order valence-corrected chi connectivity index (χ1v) is 6.46. The van der Waals surface area contributed by atoms with Crippen molar-refractivity contribution < 1.29 is 23.8 Å². The zero-order chi connectivity index (χ0) is 15.2. The van der Waals surface area contributed by atoms with Crippen molar-refractivity contribution in [1.29, 1.82) is 0 Å². The highest BCUT2D eigenvalue weighted by atomic mass is 16.6. The number of hydrogen-bond donors (Lipinski definition) is 0. The predicted octanol–water partition coefficient (Wildman–Crippen LogP) is 1.94. The Balaban J connectivity index is 1.98. The smallest absolute Gasteiger partial charge is 0.363 e. The van der Waals surface area contributed by atoms with Crippen LogP contribution in [-0.4, -0.2) is 31.1 Å². The quantitative estimate of drug-likeness (QED) is 0.611. The number of rotatable bonds is 5. The van der Waals surface area contributed by atoms with Gasteiger partial charge in [0.05, 0.1) is 6.61 Å². The van der Waals surface area contributed by atoms with Gasteiger partial charge in [0, 0.05) is 6.92 Å². The molecule has 0 unspecified atom stereocenters. The van der Waals surface area contributed by atoms with E-state index < -0.39 is 11.9 Å². The molecule has 0 atom stereocenters. The van der Waals surface area contributed by atoms with E-state index in [1.165, 1.54) is 0 Å². The maximum Gasteiger partial charge on any atom is 0.363 e. The molecule has 1 aliphatic heterocycles. The van der Waals surface area contributed by atoms with E-state index in [0.29, 0.717) is 18.3 Å². The van der Waals surface area contributed by atoms with E-state index in [1.54, 1.807) is 44.2 Å². The Morgan fingerprint density at radius 3 is 2.62 bits per heavy atom. The molecular formula is C15H15NO5. The molecule has 0 N–H and O–H groups in total. The molecule has 6 nitrogen and oxygen atoms in total. The summed E-state index contributed by atoms with van der Waals surface area (Å²) in [6, 6.07) is 6.90.